The normalized spacial score (nSPS) is 11.9. The summed E-state index contributed by atoms with van der Waals surface area (Å²) in [5.74, 6) is -1.29. The molecule has 1 atom stereocenters. The van der Waals surface area contributed by atoms with Gasteiger partial charge in [0.15, 0.2) is 0 Å². The maximum atomic E-state index is 11.8. The minimum Gasteiger partial charge on any atom is -0.480 e. The molecule has 1 aromatic rings. The zero-order valence-corrected chi connectivity index (χ0v) is 11.9. The SMILES string of the molecule is COCCC(NC(=O)CCc1ccccc1C)C(=O)O. The van der Waals surface area contributed by atoms with Gasteiger partial charge in [0, 0.05) is 26.6 Å². The molecule has 0 saturated carbocycles. The number of carboxylic acids is 1. The number of methoxy groups -OCH3 is 1. The average Bonchev–Trinajstić information content (AvgIpc) is 2.42. The maximum absolute atomic E-state index is 11.8. The molecule has 0 aliphatic heterocycles. The van der Waals surface area contributed by atoms with Gasteiger partial charge in [0.25, 0.3) is 0 Å². The lowest BCUT2D eigenvalue weighted by molar-refractivity contribution is -0.142. The zero-order chi connectivity index (χ0) is 15.0. The fourth-order valence-corrected chi connectivity index (χ4v) is 1.90. The molecule has 5 nitrogen and oxygen atoms in total. The van der Waals surface area contributed by atoms with Crippen molar-refractivity contribution >= 4 is 11.9 Å². The smallest absolute Gasteiger partial charge is 0.326 e. The van der Waals surface area contributed by atoms with Crippen molar-refractivity contribution in [3.8, 4) is 0 Å². The maximum Gasteiger partial charge on any atom is 0.326 e. The summed E-state index contributed by atoms with van der Waals surface area (Å²) in [6.45, 7) is 2.29. The fourth-order valence-electron chi connectivity index (χ4n) is 1.90. The number of amides is 1. The van der Waals surface area contributed by atoms with E-state index in [2.05, 4.69) is 5.32 Å². The second kappa shape index (κ2) is 8.32. The van der Waals surface area contributed by atoms with Gasteiger partial charge in [-0.15, -0.1) is 0 Å². The summed E-state index contributed by atoms with van der Waals surface area (Å²) in [5.41, 5.74) is 2.24. The van der Waals surface area contributed by atoms with Gasteiger partial charge >= 0.3 is 5.97 Å². The van der Waals surface area contributed by atoms with Crippen LogP contribution >= 0.6 is 0 Å². The first-order chi connectivity index (χ1) is 9.54. The first-order valence-electron chi connectivity index (χ1n) is 6.60. The number of ether oxygens (including phenoxy) is 1. The Hall–Kier alpha value is -1.88. The number of benzene rings is 1. The molecule has 0 fully saturated rings. The van der Waals surface area contributed by atoms with Crippen molar-refractivity contribution in [1.82, 2.24) is 5.32 Å². The molecule has 0 aliphatic rings. The highest BCUT2D eigenvalue weighted by molar-refractivity contribution is 5.83. The Balaban J connectivity index is 2.46. The van der Waals surface area contributed by atoms with Gasteiger partial charge in [-0.05, 0) is 24.5 Å². The Labute approximate surface area is 118 Å². The molecule has 1 rings (SSSR count). The van der Waals surface area contributed by atoms with Crippen LogP contribution < -0.4 is 5.32 Å². The number of carbonyl (C=O) groups is 2. The average molecular weight is 279 g/mol. The highest BCUT2D eigenvalue weighted by Gasteiger charge is 2.19. The molecule has 20 heavy (non-hydrogen) atoms. The summed E-state index contributed by atoms with van der Waals surface area (Å²) in [7, 11) is 1.50. The van der Waals surface area contributed by atoms with E-state index < -0.39 is 12.0 Å². The molecule has 0 saturated heterocycles. The summed E-state index contributed by atoms with van der Waals surface area (Å²) < 4.78 is 4.83. The summed E-state index contributed by atoms with van der Waals surface area (Å²) in [6, 6.07) is 6.95. The number of carbonyl (C=O) groups excluding carboxylic acids is 1. The first kappa shape index (κ1) is 16.2. The van der Waals surface area contributed by atoms with Crippen molar-refractivity contribution in [2.24, 2.45) is 0 Å². The predicted octanol–water partition coefficient (Wildman–Crippen LogP) is 1.53. The van der Waals surface area contributed by atoms with Crippen LogP contribution in [0.25, 0.3) is 0 Å². The third kappa shape index (κ3) is 5.40. The molecule has 0 heterocycles. The van der Waals surface area contributed by atoms with Crippen LogP contribution in [-0.2, 0) is 20.7 Å². The standard InChI is InChI=1S/C15H21NO4/c1-11-5-3-4-6-12(11)7-8-14(17)16-13(15(18)19)9-10-20-2/h3-6,13H,7-10H2,1-2H3,(H,16,17)(H,18,19). The van der Waals surface area contributed by atoms with Gasteiger partial charge < -0.3 is 15.2 Å². The van der Waals surface area contributed by atoms with E-state index in [0.29, 0.717) is 13.0 Å². The number of aliphatic carboxylic acids is 1. The van der Waals surface area contributed by atoms with Crippen molar-refractivity contribution < 1.29 is 19.4 Å². The fraction of sp³-hybridized carbons (Fsp3) is 0.467. The van der Waals surface area contributed by atoms with E-state index in [1.54, 1.807) is 0 Å². The Morgan fingerprint density at radius 3 is 2.65 bits per heavy atom. The third-order valence-corrected chi connectivity index (χ3v) is 3.13. The highest BCUT2D eigenvalue weighted by Crippen LogP contribution is 2.09. The van der Waals surface area contributed by atoms with E-state index in [1.807, 2.05) is 31.2 Å². The van der Waals surface area contributed by atoms with Gasteiger partial charge in [0.2, 0.25) is 5.91 Å². The van der Waals surface area contributed by atoms with Crippen LogP contribution in [0.3, 0.4) is 0 Å². The summed E-state index contributed by atoms with van der Waals surface area (Å²) in [6.07, 6.45) is 1.15. The largest absolute Gasteiger partial charge is 0.480 e. The monoisotopic (exact) mass is 279 g/mol. The van der Waals surface area contributed by atoms with Gasteiger partial charge in [-0.1, -0.05) is 24.3 Å². The third-order valence-electron chi connectivity index (χ3n) is 3.13. The number of carboxylic acid groups (broad SMARTS) is 1. The van der Waals surface area contributed by atoms with Crippen LogP contribution in [0.5, 0.6) is 0 Å². The van der Waals surface area contributed by atoms with E-state index in [1.165, 1.54) is 7.11 Å². The van der Waals surface area contributed by atoms with Crippen LogP contribution in [0.1, 0.15) is 24.0 Å². The van der Waals surface area contributed by atoms with Crippen molar-refractivity contribution in [1.29, 1.82) is 0 Å². The Morgan fingerprint density at radius 1 is 1.35 bits per heavy atom. The number of rotatable bonds is 8. The quantitative estimate of drug-likeness (QED) is 0.756. The molecular weight excluding hydrogens is 258 g/mol. The number of hydrogen-bond acceptors (Lipinski definition) is 3. The summed E-state index contributed by atoms with van der Waals surface area (Å²) in [4.78, 5) is 22.8. The van der Waals surface area contributed by atoms with Gasteiger partial charge in [-0.3, -0.25) is 4.79 Å². The predicted molar refractivity (Wildman–Crippen MR) is 75.6 cm³/mol. The molecule has 110 valence electrons. The van der Waals surface area contributed by atoms with Crippen LogP contribution in [0, 0.1) is 6.92 Å². The minimum atomic E-state index is -1.04. The highest BCUT2D eigenvalue weighted by atomic mass is 16.5. The second-order valence-electron chi connectivity index (χ2n) is 4.67. The minimum absolute atomic E-state index is 0.253. The van der Waals surface area contributed by atoms with Crippen LogP contribution in [-0.4, -0.2) is 36.7 Å². The topological polar surface area (TPSA) is 75.6 Å². The molecule has 5 heteroatoms. The van der Waals surface area contributed by atoms with Crippen molar-refractivity contribution in [2.75, 3.05) is 13.7 Å². The number of hydrogen-bond donors (Lipinski definition) is 2. The Morgan fingerprint density at radius 2 is 2.05 bits per heavy atom. The van der Waals surface area contributed by atoms with Gasteiger partial charge in [0.1, 0.15) is 6.04 Å². The molecule has 0 radical (unpaired) electrons. The number of nitrogens with one attached hydrogen (secondary N) is 1. The van der Waals surface area contributed by atoms with Gasteiger partial charge in [-0.25, -0.2) is 4.79 Å². The second-order valence-corrected chi connectivity index (χ2v) is 4.67. The lowest BCUT2D eigenvalue weighted by atomic mass is 10.0. The van der Waals surface area contributed by atoms with Crippen molar-refractivity contribution in [3.63, 3.8) is 0 Å². The summed E-state index contributed by atoms with van der Waals surface area (Å²) in [5, 5.41) is 11.5. The van der Waals surface area contributed by atoms with Gasteiger partial charge in [-0.2, -0.15) is 0 Å². The number of aryl methyl sites for hydroxylation is 2. The van der Waals surface area contributed by atoms with Crippen LogP contribution in [0.15, 0.2) is 24.3 Å². The van der Waals surface area contributed by atoms with E-state index in [0.717, 1.165) is 11.1 Å². The molecule has 1 unspecified atom stereocenters. The van der Waals surface area contributed by atoms with Gasteiger partial charge in [0.05, 0.1) is 0 Å². The van der Waals surface area contributed by atoms with Crippen molar-refractivity contribution in [2.45, 2.75) is 32.2 Å². The lowest BCUT2D eigenvalue weighted by Gasteiger charge is -2.14. The molecular formula is C15H21NO4. The van der Waals surface area contributed by atoms with E-state index >= 15 is 0 Å². The zero-order valence-electron chi connectivity index (χ0n) is 11.9. The summed E-state index contributed by atoms with van der Waals surface area (Å²) >= 11 is 0. The first-order valence-corrected chi connectivity index (χ1v) is 6.60. The van der Waals surface area contributed by atoms with Crippen molar-refractivity contribution in [3.05, 3.63) is 35.4 Å². The van der Waals surface area contributed by atoms with Crippen LogP contribution in [0.4, 0.5) is 0 Å². The lowest BCUT2D eigenvalue weighted by Crippen LogP contribution is -2.41. The van der Waals surface area contributed by atoms with E-state index in [9.17, 15) is 9.59 Å². The molecule has 1 aromatic carbocycles. The Bertz CT molecular complexity index is 459. The molecule has 1 amide bonds. The van der Waals surface area contributed by atoms with E-state index in [4.69, 9.17) is 9.84 Å². The molecule has 0 bridgehead atoms. The van der Waals surface area contributed by atoms with E-state index in [-0.39, 0.29) is 18.7 Å². The van der Waals surface area contributed by atoms with Crippen LogP contribution in [0.2, 0.25) is 0 Å². The molecule has 0 aromatic heterocycles. The molecule has 2 N–H and O–H groups in total. The molecule has 0 spiro atoms. The molecule has 0 aliphatic carbocycles. The Kier molecular flexibility index (Phi) is 6.73.